The second-order valence-electron chi connectivity index (χ2n) is 2.74. The maximum Gasteiger partial charge on any atom is 0.140 e. The second kappa shape index (κ2) is 5.96. The molecule has 0 aliphatic heterocycles. The van der Waals surface area contributed by atoms with Gasteiger partial charge in [0.2, 0.25) is 0 Å². The maximum absolute atomic E-state index is 10.9. The summed E-state index contributed by atoms with van der Waals surface area (Å²) < 4.78 is 0. The number of allylic oxidation sites excluding steroid dienone is 1. The van der Waals surface area contributed by atoms with Gasteiger partial charge in [0.1, 0.15) is 5.78 Å². The molecule has 0 saturated heterocycles. The van der Waals surface area contributed by atoms with E-state index in [1.165, 1.54) is 0 Å². The average Bonchev–Trinajstić information content (AvgIpc) is 1.86. The van der Waals surface area contributed by atoms with Crippen LogP contribution in [-0.2, 0) is 4.79 Å². The first-order valence-corrected chi connectivity index (χ1v) is 4.05. The minimum atomic E-state index is -0.0218. The lowest BCUT2D eigenvalue weighted by molar-refractivity contribution is -0.118. The van der Waals surface area contributed by atoms with Crippen LogP contribution in [0.5, 0.6) is 0 Å². The van der Waals surface area contributed by atoms with Gasteiger partial charge in [0.15, 0.2) is 0 Å². The van der Waals surface area contributed by atoms with E-state index in [-0.39, 0.29) is 18.0 Å². The van der Waals surface area contributed by atoms with Gasteiger partial charge in [-0.2, -0.15) is 0 Å². The van der Waals surface area contributed by atoms with Crippen molar-refractivity contribution in [3.8, 4) is 0 Å². The summed E-state index contributed by atoms with van der Waals surface area (Å²) in [6.45, 7) is 5.35. The van der Waals surface area contributed by atoms with Crippen LogP contribution >= 0.6 is 0 Å². The molecule has 0 radical (unpaired) electrons. The Bertz CT molecular complexity index is 138. The highest BCUT2D eigenvalue weighted by atomic mass is 16.3. The zero-order valence-corrected chi connectivity index (χ0v) is 7.10. The summed E-state index contributed by atoms with van der Waals surface area (Å²) in [6, 6.07) is 0. The summed E-state index contributed by atoms with van der Waals surface area (Å²) in [4.78, 5) is 10.9. The molecule has 0 amide bonds. The molecule has 0 aliphatic rings. The monoisotopic (exact) mass is 156 g/mol. The summed E-state index contributed by atoms with van der Waals surface area (Å²) in [5.74, 6) is 0.0671. The summed E-state index contributed by atoms with van der Waals surface area (Å²) in [7, 11) is 0. The maximum atomic E-state index is 10.9. The van der Waals surface area contributed by atoms with Gasteiger partial charge in [-0.25, -0.2) is 0 Å². The number of aliphatic hydroxyl groups excluding tert-OH is 1. The van der Waals surface area contributed by atoms with Crippen LogP contribution in [-0.4, -0.2) is 10.9 Å². The zero-order chi connectivity index (χ0) is 8.69. The number of aliphatic hydroxyl groups is 1. The molecule has 11 heavy (non-hydrogen) atoms. The predicted octanol–water partition coefficient (Wildman–Crippen LogP) is 2.60. The fraction of sp³-hybridized carbons (Fsp3) is 0.667. The molecule has 0 aromatic carbocycles. The van der Waals surface area contributed by atoms with Gasteiger partial charge >= 0.3 is 0 Å². The molecule has 0 aromatic heterocycles. The van der Waals surface area contributed by atoms with Crippen molar-refractivity contribution in [1.82, 2.24) is 0 Å². The predicted molar refractivity (Wildman–Crippen MR) is 45.5 cm³/mol. The molecule has 1 N–H and O–H groups in total. The number of unbranched alkanes of at least 4 members (excludes halogenated alkanes) is 2. The van der Waals surface area contributed by atoms with Gasteiger partial charge in [-0.3, -0.25) is 4.79 Å². The molecule has 2 nitrogen and oxygen atoms in total. The topological polar surface area (TPSA) is 37.3 Å². The standard InChI is InChI=1S/C9H16O2/c1-3-4-5-6-9(11)7-8(2)10/h10H,2-7H2,1H3. The molecule has 0 fully saturated rings. The van der Waals surface area contributed by atoms with Crippen LogP contribution in [0.2, 0.25) is 0 Å². The molecular weight excluding hydrogens is 140 g/mol. The highest BCUT2D eigenvalue weighted by molar-refractivity contribution is 5.80. The normalized spacial score (nSPS) is 9.55. The molecule has 0 rings (SSSR count). The number of carbonyl (C=O) groups excluding carboxylic acids is 1. The molecule has 0 saturated carbocycles. The number of hydrogen-bond acceptors (Lipinski definition) is 2. The van der Waals surface area contributed by atoms with Gasteiger partial charge in [-0.15, -0.1) is 0 Å². The highest BCUT2D eigenvalue weighted by Crippen LogP contribution is 2.04. The Kier molecular flexibility index (Phi) is 5.53. The fourth-order valence-corrected chi connectivity index (χ4v) is 0.888. The van der Waals surface area contributed by atoms with Crippen LogP contribution in [0.3, 0.4) is 0 Å². The highest BCUT2D eigenvalue weighted by Gasteiger charge is 2.01. The quantitative estimate of drug-likeness (QED) is 0.474. The Morgan fingerprint density at radius 1 is 1.45 bits per heavy atom. The molecule has 0 heterocycles. The number of ketones is 1. The molecule has 0 spiro atoms. The number of carbonyl (C=O) groups is 1. The van der Waals surface area contributed by atoms with Gasteiger partial charge in [-0.1, -0.05) is 26.3 Å². The molecule has 0 aliphatic carbocycles. The summed E-state index contributed by atoms with van der Waals surface area (Å²) >= 11 is 0. The van der Waals surface area contributed by atoms with Crippen molar-refractivity contribution in [2.45, 2.75) is 39.0 Å². The molecule has 0 aromatic rings. The Morgan fingerprint density at radius 3 is 2.55 bits per heavy atom. The lowest BCUT2D eigenvalue weighted by Crippen LogP contribution is -1.98. The fourth-order valence-electron chi connectivity index (χ4n) is 0.888. The molecule has 2 heteroatoms. The first-order chi connectivity index (χ1) is 5.16. The minimum Gasteiger partial charge on any atom is -0.512 e. The Balaban J connectivity index is 3.30. The molecular formula is C9H16O2. The van der Waals surface area contributed by atoms with Crippen molar-refractivity contribution >= 4 is 5.78 Å². The zero-order valence-electron chi connectivity index (χ0n) is 7.10. The van der Waals surface area contributed by atoms with E-state index in [1.807, 2.05) is 0 Å². The van der Waals surface area contributed by atoms with Crippen molar-refractivity contribution in [3.05, 3.63) is 12.3 Å². The summed E-state index contributed by atoms with van der Waals surface area (Å²) in [5.41, 5.74) is 0. The third kappa shape index (κ3) is 7.10. The van der Waals surface area contributed by atoms with Crippen molar-refractivity contribution in [2.75, 3.05) is 0 Å². The van der Waals surface area contributed by atoms with Gasteiger partial charge in [0, 0.05) is 6.42 Å². The minimum absolute atomic E-state index is 0.0218. The number of rotatable bonds is 6. The van der Waals surface area contributed by atoms with E-state index < -0.39 is 0 Å². The van der Waals surface area contributed by atoms with Crippen LogP contribution < -0.4 is 0 Å². The van der Waals surface area contributed by atoms with Gasteiger partial charge < -0.3 is 5.11 Å². The summed E-state index contributed by atoms with van der Waals surface area (Å²) in [6.07, 6.45) is 3.84. The molecule has 64 valence electrons. The van der Waals surface area contributed by atoms with Gasteiger partial charge in [0.25, 0.3) is 0 Å². The SMILES string of the molecule is C=C(O)CC(=O)CCCCC. The van der Waals surface area contributed by atoms with E-state index in [2.05, 4.69) is 13.5 Å². The third-order valence-electron chi connectivity index (χ3n) is 1.46. The first-order valence-electron chi connectivity index (χ1n) is 4.05. The van der Waals surface area contributed by atoms with E-state index in [4.69, 9.17) is 5.11 Å². The Labute approximate surface area is 67.9 Å². The first kappa shape index (κ1) is 10.2. The lowest BCUT2D eigenvalue weighted by Gasteiger charge is -1.97. The van der Waals surface area contributed by atoms with Gasteiger partial charge in [0.05, 0.1) is 12.2 Å². The van der Waals surface area contributed by atoms with Crippen LogP contribution in [0.4, 0.5) is 0 Å². The Hall–Kier alpha value is -0.790. The molecule has 0 unspecified atom stereocenters. The summed E-state index contributed by atoms with van der Waals surface area (Å²) in [5, 5.41) is 8.66. The van der Waals surface area contributed by atoms with Crippen molar-refractivity contribution in [1.29, 1.82) is 0 Å². The van der Waals surface area contributed by atoms with E-state index in [0.717, 1.165) is 19.3 Å². The molecule has 0 atom stereocenters. The molecule has 0 bridgehead atoms. The van der Waals surface area contributed by atoms with E-state index in [9.17, 15) is 4.79 Å². The van der Waals surface area contributed by atoms with Crippen molar-refractivity contribution in [2.24, 2.45) is 0 Å². The van der Waals surface area contributed by atoms with Crippen molar-refractivity contribution < 1.29 is 9.90 Å². The van der Waals surface area contributed by atoms with Gasteiger partial charge in [-0.05, 0) is 6.42 Å². The smallest absolute Gasteiger partial charge is 0.140 e. The van der Waals surface area contributed by atoms with E-state index >= 15 is 0 Å². The van der Waals surface area contributed by atoms with Crippen molar-refractivity contribution in [3.63, 3.8) is 0 Å². The van der Waals surface area contributed by atoms with E-state index in [0.29, 0.717) is 6.42 Å². The average molecular weight is 156 g/mol. The van der Waals surface area contributed by atoms with Crippen LogP contribution in [0.1, 0.15) is 39.0 Å². The number of Topliss-reactive ketones (excluding diaryl/α,β-unsaturated/α-hetero) is 1. The second-order valence-corrected chi connectivity index (χ2v) is 2.74. The lowest BCUT2D eigenvalue weighted by atomic mass is 10.1. The number of hydrogen-bond donors (Lipinski definition) is 1. The largest absolute Gasteiger partial charge is 0.512 e. The van der Waals surface area contributed by atoms with E-state index in [1.54, 1.807) is 0 Å². The van der Waals surface area contributed by atoms with Crippen LogP contribution in [0.25, 0.3) is 0 Å². The third-order valence-corrected chi connectivity index (χ3v) is 1.46. The van der Waals surface area contributed by atoms with Crippen LogP contribution in [0, 0.1) is 0 Å². The van der Waals surface area contributed by atoms with Crippen LogP contribution in [0.15, 0.2) is 12.3 Å². The Morgan fingerprint density at radius 2 is 2.09 bits per heavy atom.